The van der Waals surface area contributed by atoms with Crippen molar-refractivity contribution in [1.82, 2.24) is 20.4 Å². The van der Waals surface area contributed by atoms with E-state index in [2.05, 4.69) is 20.4 Å². The fourth-order valence-electron chi connectivity index (χ4n) is 3.49. The van der Waals surface area contributed by atoms with Crippen molar-refractivity contribution in [3.05, 3.63) is 65.8 Å². The monoisotopic (exact) mass is 396 g/mol. The molecule has 1 N–H and O–H groups in total. The lowest BCUT2D eigenvalue weighted by Crippen LogP contribution is -2.36. The molecule has 2 atom stereocenters. The van der Waals surface area contributed by atoms with Gasteiger partial charge in [0.25, 0.3) is 5.91 Å². The van der Waals surface area contributed by atoms with Crippen LogP contribution < -0.4 is 10.1 Å². The average Bonchev–Trinajstić information content (AvgIpc) is 3.35. The van der Waals surface area contributed by atoms with Crippen LogP contribution in [0.3, 0.4) is 0 Å². The number of methoxy groups -OCH3 is 1. The van der Waals surface area contributed by atoms with Crippen molar-refractivity contribution < 1.29 is 18.4 Å². The second-order valence-electron chi connectivity index (χ2n) is 7.05. The van der Waals surface area contributed by atoms with Gasteiger partial charge >= 0.3 is 0 Å². The summed E-state index contributed by atoms with van der Waals surface area (Å²) in [7, 11) is 3.54. The fraction of sp³-hybridized carbons (Fsp3) is 0.286. The van der Waals surface area contributed by atoms with Gasteiger partial charge in [0.05, 0.1) is 13.2 Å². The van der Waals surface area contributed by atoms with Gasteiger partial charge in [-0.2, -0.15) is 4.98 Å². The molecule has 0 aliphatic carbocycles. The number of nitrogens with zero attached hydrogens (tertiary/aromatic N) is 3. The van der Waals surface area contributed by atoms with E-state index in [1.807, 2.05) is 7.05 Å². The number of rotatable bonds is 5. The molecule has 1 aromatic heterocycles. The molecule has 7 nitrogen and oxygen atoms in total. The molecule has 0 bridgehead atoms. The minimum Gasteiger partial charge on any atom is -0.497 e. The van der Waals surface area contributed by atoms with Crippen LogP contribution >= 0.6 is 0 Å². The van der Waals surface area contributed by atoms with E-state index in [4.69, 9.17) is 9.26 Å². The summed E-state index contributed by atoms with van der Waals surface area (Å²) in [5, 5.41) is 7.07. The number of nitrogens with one attached hydrogen (secondary N) is 1. The Morgan fingerprint density at radius 1 is 1.21 bits per heavy atom. The van der Waals surface area contributed by atoms with Gasteiger partial charge in [0.2, 0.25) is 11.7 Å². The van der Waals surface area contributed by atoms with Gasteiger partial charge in [0.15, 0.2) is 0 Å². The quantitative estimate of drug-likeness (QED) is 0.714. The predicted molar refractivity (Wildman–Crippen MR) is 104 cm³/mol. The van der Waals surface area contributed by atoms with E-state index in [0.717, 1.165) is 0 Å². The molecule has 3 aromatic rings. The molecule has 2 heterocycles. The SMILES string of the molecule is COc1ccc(C(=O)N[C@H]2C[C@@H](c3nc(-c4ccc(F)cc4)no3)N(C)C2)cc1. The maximum Gasteiger partial charge on any atom is 0.251 e. The number of ether oxygens (including phenoxy) is 1. The Kier molecular flexibility index (Phi) is 5.26. The van der Waals surface area contributed by atoms with Crippen molar-refractivity contribution in [2.45, 2.75) is 18.5 Å². The lowest BCUT2D eigenvalue weighted by atomic mass is 10.1. The topological polar surface area (TPSA) is 80.5 Å². The first-order valence-electron chi connectivity index (χ1n) is 9.28. The maximum absolute atomic E-state index is 13.1. The van der Waals surface area contributed by atoms with E-state index in [-0.39, 0.29) is 23.8 Å². The average molecular weight is 396 g/mol. The Morgan fingerprint density at radius 3 is 2.62 bits per heavy atom. The van der Waals surface area contributed by atoms with E-state index in [9.17, 15) is 9.18 Å². The highest BCUT2D eigenvalue weighted by Gasteiger charge is 2.35. The van der Waals surface area contributed by atoms with Crippen molar-refractivity contribution >= 4 is 5.91 Å². The Labute approximate surface area is 167 Å². The molecule has 4 rings (SSSR count). The van der Waals surface area contributed by atoms with Crippen LogP contribution in [0, 0.1) is 5.82 Å². The molecule has 29 heavy (non-hydrogen) atoms. The van der Waals surface area contributed by atoms with Gasteiger partial charge in [-0.1, -0.05) is 5.16 Å². The summed E-state index contributed by atoms with van der Waals surface area (Å²) in [4.78, 5) is 19.0. The van der Waals surface area contributed by atoms with Crippen LogP contribution in [0.15, 0.2) is 53.1 Å². The molecule has 1 aliphatic heterocycles. The van der Waals surface area contributed by atoms with Crippen molar-refractivity contribution in [1.29, 1.82) is 0 Å². The maximum atomic E-state index is 13.1. The number of likely N-dealkylation sites (N-methyl/N-ethyl adjacent to an activating group) is 1. The van der Waals surface area contributed by atoms with Crippen LogP contribution in [0.1, 0.15) is 28.7 Å². The highest BCUT2D eigenvalue weighted by molar-refractivity contribution is 5.94. The van der Waals surface area contributed by atoms with E-state index >= 15 is 0 Å². The zero-order valence-electron chi connectivity index (χ0n) is 16.1. The van der Waals surface area contributed by atoms with Crippen molar-refractivity contribution in [2.75, 3.05) is 20.7 Å². The number of carbonyl (C=O) groups is 1. The number of amides is 1. The van der Waals surface area contributed by atoms with Gasteiger partial charge in [-0.15, -0.1) is 0 Å². The molecule has 2 aromatic carbocycles. The molecule has 0 radical (unpaired) electrons. The van der Waals surface area contributed by atoms with Crippen molar-refractivity contribution in [2.24, 2.45) is 0 Å². The van der Waals surface area contributed by atoms with Crippen LogP contribution in [-0.4, -0.2) is 47.7 Å². The Balaban J connectivity index is 1.42. The largest absolute Gasteiger partial charge is 0.497 e. The van der Waals surface area contributed by atoms with Gasteiger partial charge in [-0.05, 0) is 62.0 Å². The zero-order chi connectivity index (χ0) is 20.4. The van der Waals surface area contributed by atoms with Crippen LogP contribution in [0.4, 0.5) is 4.39 Å². The first kappa shape index (κ1) is 19.1. The molecule has 0 saturated carbocycles. The highest BCUT2D eigenvalue weighted by Crippen LogP contribution is 2.31. The molecule has 8 heteroatoms. The molecule has 1 fully saturated rings. The molecule has 1 aliphatic rings. The number of halogens is 1. The minimum atomic E-state index is -0.316. The summed E-state index contributed by atoms with van der Waals surface area (Å²) in [5.74, 6) is 1.15. The summed E-state index contributed by atoms with van der Waals surface area (Å²) in [6.45, 7) is 0.667. The predicted octanol–water partition coefficient (Wildman–Crippen LogP) is 3.06. The van der Waals surface area contributed by atoms with Crippen LogP contribution in [0.2, 0.25) is 0 Å². The van der Waals surface area contributed by atoms with Gasteiger partial charge in [-0.25, -0.2) is 4.39 Å². The van der Waals surface area contributed by atoms with Gasteiger partial charge < -0.3 is 14.6 Å². The number of likely N-dealkylation sites (tertiary alicyclic amines) is 1. The third-order valence-corrected chi connectivity index (χ3v) is 5.06. The number of hydrogen-bond acceptors (Lipinski definition) is 6. The second kappa shape index (κ2) is 8.00. The lowest BCUT2D eigenvalue weighted by Gasteiger charge is -2.14. The smallest absolute Gasteiger partial charge is 0.251 e. The third-order valence-electron chi connectivity index (χ3n) is 5.06. The molecular weight excluding hydrogens is 375 g/mol. The molecule has 0 unspecified atom stereocenters. The van der Waals surface area contributed by atoms with E-state index in [1.54, 1.807) is 43.5 Å². The van der Waals surface area contributed by atoms with Gasteiger partial charge in [0, 0.05) is 23.7 Å². The number of carbonyl (C=O) groups excluding carboxylic acids is 1. The second-order valence-corrected chi connectivity index (χ2v) is 7.05. The summed E-state index contributed by atoms with van der Waals surface area (Å²) in [6.07, 6.45) is 0.656. The fourth-order valence-corrected chi connectivity index (χ4v) is 3.49. The molecule has 150 valence electrons. The van der Waals surface area contributed by atoms with Crippen molar-refractivity contribution in [3.63, 3.8) is 0 Å². The first-order valence-corrected chi connectivity index (χ1v) is 9.28. The van der Waals surface area contributed by atoms with Crippen molar-refractivity contribution in [3.8, 4) is 17.1 Å². The Bertz CT molecular complexity index is 988. The number of hydrogen-bond donors (Lipinski definition) is 1. The van der Waals surface area contributed by atoms with E-state index in [0.29, 0.717) is 41.6 Å². The Morgan fingerprint density at radius 2 is 1.93 bits per heavy atom. The molecule has 1 saturated heterocycles. The standard InChI is InChI=1S/C21H21FN4O3/c1-26-12-16(23-20(27)14-5-9-17(28-2)10-6-14)11-18(26)21-24-19(25-29-21)13-3-7-15(22)8-4-13/h3-10,16,18H,11-12H2,1-2H3,(H,23,27)/t16-,18-/m0/s1. The normalized spacial score (nSPS) is 19.3. The molecule has 1 amide bonds. The number of benzene rings is 2. The van der Waals surface area contributed by atoms with Gasteiger partial charge in [-0.3, -0.25) is 9.69 Å². The summed E-state index contributed by atoms with van der Waals surface area (Å²) < 4.78 is 23.7. The Hall–Kier alpha value is -3.26. The highest BCUT2D eigenvalue weighted by atomic mass is 19.1. The van der Waals surface area contributed by atoms with Crippen LogP contribution in [0.25, 0.3) is 11.4 Å². The van der Waals surface area contributed by atoms with E-state index < -0.39 is 0 Å². The summed E-state index contributed by atoms with van der Waals surface area (Å²) in [6, 6.07) is 12.8. The minimum absolute atomic E-state index is 0.0410. The molecule has 0 spiro atoms. The molecular formula is C21H21FN4O3. The summed E-state index contributed by atoms with van der Waals surface area (Å²) in [5.41, 5.74) is 1.26. The van der Waals surface area contributed by atoms with Gasteiger partial charge in [0.1, 0.15) is 11.6 Å². The number of aromatic nitrogens is 2. The zero-order valence-corrected chi connectivity index (χ0v) is 16.1. The van der Waals surface area contributed by atoms with Crippen LogP contribution in [-0.2, 0) is 0 Å². The van der Waals surface area contributed by atoms with E-state index in [1.165, 1.54) is 12.1 Å². The third kappa shape index (κ3) is 4.12. The summed E-state index contributed by atoms with van der Waals surface area (Å²) >= 11 is 0. The lowest BCUT2D eigenvalue weighted by molar-refractivity contribution is 0.0938. The van der Waals surface area contributed by atoms with Crippen LogP contribution in [0.5, 0.6) is 5.75 Å². The first-order chi connectivity index (χ1) is 14.0.